The molecule has 3 heteroatoms. The summed E-state index contributed by atoms with van der Waals surface area (Å²) in [6.07, 6.45) is 0. The van der Waals surface area contributed by atoms with Gasteiger partial charge >= 0.3 is 0 Å². The summed E-state index contributed by atoms with van der Waals surface area (Å²) < 4.78 is 0. The number of fused-ring (bicyclic) bond motifs is 7. The molecule has 0 aromatic heterocycles. The molecule has 0 unspecified atom stereocenters. The molecular weight excluding hydrogens is 1250 g/mol. The lowest BCUT2D eigenvalue weighted by atomic mass is 9.33. The van der Waals surface area contributed by atoms with Crippen LogP contribution in [0.3, 0.4) is 0 Å². The molecule has 2 nitrogen and oxygen atoms in total. The molecule has 0 radical (unpaired) electrons. The first-order chi connectivity index (χ1) is 50.1. The van der Waals surface area contributed by atoms with Crippen LogP contribution in [0.2, 0.25) is 0 Å². The molecule has 0 atom stereocenters. The van der Waals surface area contributed by atoms with Gasteiger partial charge in [-0.3, -0.25) is 0 Å². The molecule has 0 amide bonds. The number of rotatable bonds is 10. The predicted octanol–water partition coefficient (Wildman–Crippen LogP) is 25.3. The van der Waals surface area contributed by atoms with Crippen molar-refractivity contribution >= 4 is 57.2 Å². The zero-order valence-electron chi connectivity index (χ0n) is 62.1. The van der Waals surface area contributed by atoms with E-state index in [9.17, 15) is 0 Å². The van der Waals surface area contributed by atoms with Gasteiger partial charge in [0.05, 0.1) is 16.8 Å². The fourth-order valence-electron chi connectivity index (χ4n) is 17.1. The molecular formula is C101H89BN2. The summed E-state index contributed by atoms with van der Waals surface area (Å²) in [5.74, 6) is 0. The Balaban J connectivity index is 1.05. The van der Waals surface area contributed by atoms with Gasteiger partial charge in [0.15, 0.2) is 0 Å². The van der Waals surface area contributed by atoms with E-state index in [1.807, 2.05) is 0 Å². The van der Waals surface area contributed by atoms with E-state index in [0.717, 1.165) is 22.7 Å². The lowest BCUT2D eigenvalue weighted by Gasteiger charge is -2.47. The van der Waals surface area contributed by atoms with Crippen LogP contribution in [-0.2, 0) is 27.1 Å². The van der Waals surface area contributed by atoms with Gasteiger partial charge in [-0.1, -0.05) is 356 Å². The van der Waals surface area contributed by atoms with E-state index in [1.54, 1.807) is 0 Å². The van der Waals surface area contributed by atoms with Gasteiger partial charge in [-0.2, -0.15) is 0 Å². The number of hydrogen-bond acceptors (Lipinski definition) is 2. The molecule has 14 aromatic carbocycles. The van der Waals surface area contributed by atoms with Crippen molar-refractivity contribution in [3.8, 4) is 77.9 Å². The average molecular weight is 1340 g/mol. The van der Waals surface area contributed by atoms with E-state index in [1.165, 1.54) is 150 Å². The van der Waals surface area contributed by atoms with E-state index < -0.39 is 5.41 Å². The monoisotopic (exact) mass is 1340 g/mol. The molecule has 2 aliphatic heterocycles. The molecule has 1 aliphatic carbocycles. The van der Waals surface area contributed by atoms with Gasteiger partial charge in [0.1, 0.15) is 0 Å². The average Bonchev–Trinajstić information content (AvgIpc) is 1.25. The Bertz CT molecular complexity index is 5450. The fraction of sp³-hybridized carbons (Fsp3) is 0.168. The first-order valence-electron chi connectivity index (χ1n) is 37.3. The maximum atomic E-state index is 2.74. The van der Waals surface area contributed by atoms with Gasteiger partial charge in [0.25, 0.3) is 6.71 Å². The molecule has 0 N–H and O–H groups in total. The summed E-state index contributed by atoms with van der Waals surface area (Å²) >= 11 is 0. The molecule has 3 aliphatic rings. The minimum Gasteiger partial charge on any atom is -0.310 e. The van der Waals surface area contributed by atoms with Crippen LogP contribution >= 0.6 is 0 Å². The van der Waals surface area contributed by atoms with Gasteiger partial charge in [0, 0.05) is 45.0 Å². The Morgan fingerprint density at radius 1 is 0.240 bits per heavy atom. The van der Waals surface area contributed by atoms with Crippen molar-refractivity contribution in [3.63, 3.8) is 0 Å². The summed E-state index contributed by atoms with van der Waals surface area (Å²) in [5, 5.41) is 0. The van der Waals surface area contributed by atoms with Crippen molar-refractivity contribution in [2.24, 2.45) is 0 Å². The molecule has 506 valence electrons. The van der Waals surface area contributed by atoms with E-state index in [4.69, 9.17) is 0 Å². The zero-order valence-corrected chi connectivity index (χ0v) is 62.1. The minimum atomic E-state index is -0.580. The topological polar surface area (TPSA) is 6.48 Å². The lowest BCUT2D eigenvalue weighted by Crippen LogP contribution is -2.61. The largest absolute Gasteiger partial charge is 0.310 e. The molecule has 0 fully saturated rings. The molecule has 17 rings (SSSR count). The molecule has 0 bridgehead atoms. The Morgan fingerprint density at radius 2 is 0.577 bits per heavy atom. The van der Waals surface area contributed by atoms with E-state index in [2.05, 4.69) is 414 Å². The van der Waals surface area contributed by atoms with Gasteiger partial charge in [-0.25, -0.2) is 0 Å². The van der Waals surface area contributed by atoms with Crippen LogP contribution in [0.1, 0.15) is 128 Å². The van der Waals surface area contributed by atoms with Crippen LogP contribution in [0.5, 0.6) is 0 Å². The Labute approximate surface area is 617 Å². The summed E-state index contributed by atoms with van der Waals surface area (Å²) in [7, 11) is 0. The highest BCUT2D eigenvalue weighted by atomic mass is 15.2. The van der Waals surface area contributed by atoms with Crippen molar-refractivity contribution in [1.82, 2.24) is 0 Å². The second-order valence-electron chi connectivity index (χ2n) is 33.2. The van der Waals surface area contributed by atoms with Crippen LogP contribution in [0.15, 0.2) is 322 Å². The molecule has 0 spiro atoms. The lowest BCUT2D eigenvalue weighted by molar-refractivity contribution is 0.590. The fourth-order valence-corrected chi connectivity index (χ4v) is 17.1. The highest BCUT2D eigenvalue weighted by Crippen LogP contribution is 2.60. The normalized spacial score (nSPS) is 13.6. The van der Waals surface area contributed by atoms with E-state index in [-0.39, 0.29) is 28.4 Å². The quantitative estimate of drug-likeness (QED) is 0.126. The zero-order chi connectivity index (χ0) is 71.6. The predicted molar refractivity (Wildman–Crippen MR) is 445 cm³/mol. The number of hydrogen-bond donors (Lipinski definition) is 0. The van der Waals surface area contributed by atoms with Gasteiger partial charge < -0.3 is 9.80 Å². The van der Waals surface area contributed by atoms with Crippen molar-refractivity contribution in [2.45, 2.75) is 110 Å². The highest BCUT2D eigenvalue weighted by molar-refractivity contribution is 7.00. The van der Waals surface area contributed by atoms with Crippen LogP contribution < -0.4 is 26.2 Å². The summed E-state index contributed by atoms with van der Waals surface area (Å²) in [5.41, 5.74) is 36.3. The molecule has 14 aromatic rings. The Kier molecular flexibility index (Phi) is 15.9. The smallest absolute Gasteiger partial charge is 0.252 e. The van der Waals surface area contributed by atoms with Gasteiger partial charge in [0.2, 0.25) is 0 Å². The Morgan fingerprint density at radius 3 is 1.01 bits per heavy atom. The number of nitrogens with zero attached hydrogens (tertiary/aromatic N) is 2. The third kappa shape index (κ3) is 11.0. The van der Waals surface area contributed by atoms with E-state index >= 15 is 0 Å². The van der Waals surface area contributed by atoms with Crippen LogP contribution in [0.4, 0.5) is 34.1 Å². The minimum absolute atomic E-state index is 0.0645. The first kappa shape index (κ1) is 66.0. The molecule has 0 saturated carbocycles. The highest BCUT2D eigenvalue weighted by Gasteiger charge is 2.49. The van der Waals surface area contributed by atoms with Gasteiger partial charge in [-0.05, 0) is 187 Å². The summed E-state index contributed by atoms with van der Waals surface area (Å²) in [6.45, 7) is 28.1. The van der Waals surface area contributed by atoms with Crippen molar-refractivity contribution in [1.29, 1.82) is 0 Å². The second-order valence-corrected chi connectivity index (χ2v) is 33.2. The van der Waals surface area contributed by atoms with Crippen molar-refractivity contribution in [3.05, 3.63) is 366 Å². The molecule has 0 saturated heterocycles. The van der Waals surface area contributed by atoms with Crippen LogP contribution in [0.25, 0.3) is 77.9 Å². The summed E-state index contributed by atoms with van der Waals surface area (Å²) in [4.78, 5) is 5.46. The van der Waals surface area contributed by atoms with Crippen LogP contribution in [0, 0.1) is 0 Å². The van der Waals surface area contributed by atoms with Gasteiger partial charge in [-0.15, -0.1) is 0 Å². The summed E-state index contributed by atoms with van der Waals surface area (Å²) in [6, 6.07) is 123. The SMILES string of the molecule is CC(C)(C)c1cccc(-c2ccc3c(c2)B2c4cc(-c5cccc6c5-c5ccccc5C6(c5ccccc5)c5ccccc5)ccc4N(c4c(-c5ccccc5)cc(C(C)(C)C)cc4-c4ccccc4)c4cc(C(C)(C)C)cc(c42)N3c2c(-c3ccccc3)cc(C(C)(C)C)cc2-c2ccccc2)c1. The maximum absolute atomic E-state index is 2.74. The second kappa shape index (κ2) is 25.0. The van der Waals surface area contributed by atoms with Crippen molar-refractivity contribution in [2.75, 3.05) is 9.80 Å². The van der Waals surface area contributed by atoms with Crippen molar-refractivity contribution < 1.29 is 0 Å². The third-order valence-electron chi connectivity index (χ3n) is 22.5. The maximum Gasteiger partial charge on any atom is 0.252 e. The Hall–Kier alpha value is -11.3. The molecule has 2 heterocycles. The first-order valence-corrected chi connectivity index (χ1v) is 37.3. The molecule has 104 heavy (non-hydrogen) atoms. The standard InChI is InChI=1S/C101H89BN2/c1-97(2,3)75-48-33-43-70(57-75)71-53-55-89-87(58-71)102-88-59-72(79-50-34-52-86-93(79)80-49-31-32-51-85(80)101(86,73-44-27-17-28-45-73)74-46-29-18-30-47-74)54-56-90(88)104(96-83(68-39-23-15-24-40-68)62-77(99(7,8)9)63-84(96)69-41-25-16-26-42-69)92-65-78(100(10,11)12)64-91(94(92)102)103(89)95-81(66-35-19-13-20-36-66)60-76(98(4,5)6)61-82(95)67-37-21-14-22-38-67/h13-65H,1-12H3. The third-order valence-corrected chi connectivity index (χ3v) is 22.5. The van der Waals surface area contributed by atoms with E-state index in [0.29, 0.717) is 0 Å². The van der Waals surface area contributed by atoms with Crippen LogP contribution in [-0.4, -0.2) is 6.71 Å². The number of anilines is 6. The number of benzene rings is 14.